The molecule has 0 radical (unpaired) electrons. The van der Waals surface area contributed by atoms with Gasteiger partial charge in [0.05, 0.1) is 0 Å². The van der Waals surface area contributed by atoms with Crippen LogP contribution in [0, 0.1) is 5.41 Å². The second-order valence-electron chi connectivity index (χ2n) is 4.16. The van der Waals surface area contributed by atoms with Crippen LogP contribution in [0.2, 0.25) is 0 Å². The summed E-state index contributed by atoms with van der Waals surface area (Å²) in [4.78, 5) is 0. The largest absolute Gasteiger partial charge is 0.0928 e. The van der Waals surface area contributed by atoms with Crippen LogP contribution in [-0.4, -0.2) is 5.33 Å². The monoisotopic (exact) mass is 218 g/mol. The Kier molecular flexibility index (Phi) is 3.91. The highest BCUT2D eigenvalue weighted by atomic mass is 79.9. The number of unbranched alkanes of at least 4 members (excludes halogenated alkanes) is 1. The van der Waals surface area contributed by atoms with E-state index in [1.165, 1.54) is 50.3 Å². The summed E-state index contributed by atoms with van der Waals surface area (Å²) in [5.74, 6) is 0. The highest BCUT2D eigenvalue weighted by Crippen LogP contribution is 2.41. The van der Waals surface area contributed by atoms with E-state index in [4.69, 9.17) is 0 Å². The van der Waals surface area contributed by atoms with Crippen LogP contribution >= 0.6 is 15.9 Å². The first-order valence-electron chi connectivity index (χ1n) is 4.83. The van der Waals surface area contributed by atoms with Crippen LogP contribution in [0.3, 0.4) is 0 Å². The van der Waals surface area contributed by atoms with Crippen molar-refractivity contribution in [2.75, 3.05) is 5.33 Å². The fourth-order valence-electron chi connectivity index (χ4n) is 2.12. The van der Waals surface area contributed by atoms with Crippen molar-refractivity contribution in [3.05, 3.63) is 0 Å². The Hall–Kier alpha value is 0.480. The van der Waals surface area contributed by atoms with E-state index in [1.54, 1.807) is 0 Å². The molecule has 0 aliphatic heterocycles. The van der Waals surface area contributed by atoms with Crippen LogP contribution in [0.15, 0.2) is 0 Å². The van der Waals surface area contributed by atoms with Gasteiger partial charge in [-0.3, -0.25) is 0 Å². The zero-order valence-electron chi connectivity index (χ0n) is 7.53. The van der Waals surface area contributed by atoms with E-state index in [1.807, 2.05) is 0 Å². The second-order valence-corrected chi connectivity index (χ2v) is 4.96. The van der Waals surface area contributed by atoms with Crippen molar-refractivity contribution in [3.63, 3.8) is 0 Å². The summed E-state index contributed by atoms with van der Waals surface area (Å²) in [7, 11) is 0. The summed E-state index contributed by atoms with van der Waals surface area (Å²) in [5, 5.41) is 1.18. The van der Waals surface area contributed by atoms with Crippen LogP contribution in [0.25, 0.3) is 0 Å². The predicted molar refractivity (Wildman–Crippen MR) is 54.2 cm³/mol. The Morgan fingerprint density at radius 3 is 2.36 bits per heavy atom. The molecule has 0 aromatic rings. The standard InChI is InChI=1S/C10H19Br/c1-10(6-2-3-7-10)8-4-5-9-11/h2-9H2,1H3. The van der Waals surface area contributed by atoms with Crippen LogP contribution < -0.4 is 0 Å². The highest BCUT2D eigenvalue weighted by molar-refractivity contribution is 9.09. The minimum atomic E-state index is 0.724. The first-order valence-corrected chi connectivity index (χ1v) is 5.95. The summed E-state index contributed by atoms with van der Waals surface area (Å²) in [6.07, 6.45) is 10.1. The zero-order valence-corrected chi connectivity index (χ0v) is 9.12. The summed E-state index contributed by atoms with van der Waals surface area (Å²) >= 11 is 3.48. The molecule has 1 rings (SSSR count). The van der Waals surface area contributed by atoms with Crippen molar-refractivity contribution in [2.45, 2.75) is 51.9 Å². The molecular weight excluding hydrogens is 200 g/mol. The van der Waals surface area contributed by atoms with Crippen LogP contribution in [0.4, 0.5) is 0 Å². The number of halogens is 1. The maximum Gasteiger partial charge on any atom is 0.00313 e. The molecule has 0 spiro atoms. The van der Waals surface area contributed by atoms with Crippen molar-refractivity contribution in [3.8, 4) is 0 Å². The Bertz CT molecular complexity index is 103. The van der Waals surface area contributed by atoms with Gasteiger partial charge in [0.2, 0.25) is 0 Å². The molecule has 0 bridgehead atoms. The molecule has 1 saturated carbocycles. The molecule has 0 heterocycles. The first kappa shape index (κ1) is 9.57. The third-order valence-electron chi connectivity index (χ3n) is 2.97. The molecule has 1 aliphatic rings. The lowest BCUT2D eigenvalue weighted by Gasteiger charge is -2.22. The van der Waals surface area contributed by atoms with E-state index in [-0.39, 0.29) is 0 Å². The average Bonchev–Trinajstić information content (AvgIpc) is 2.38. The molecule has 0 nitrogen and oxygen atoms in total. The predicted octanol–water partition coefficient (Wildman–Crippen LogP) is 4.13. The maximum atomic E-state index is 3.48. The van der Waals surface area contributed by atoms with Crippen LogP contribution in [-0.2, 0) is 0 Å². The molecule has 0 saturated heterocycles. The van der Waals surface area contributed by atoms with Crippen LogP contribution in [0.5, 0.6) is 0 Å². The van der Waals surface area contributed by atoms with Crippen molar-refractivity contribution < 1.29 is 0 Å². The van der Waals surface area contributed by atoms with Gasteiger partial charge in [-0.1, -0.05) is 42.1 Å². The van der Waals surface area contributed by atoms with Gasteiger partial charge in [0, 0.05) is 5.33 Å². The van der Waals surface area contributed by atoms with Gasteiger partial charge < -0.3 is 0 Å². The molecule has 11 heavy (non-hydrogen) atoms. The first-order chi connectivity index (χ1) is 5.27. The van der Waals surface area contributed by atoms with E-state index in [2.05, 4.69) is 22.9 Å². The van der Waals surface area contributed by atoms with E-state index in [0.29, 0.717) is 0 Å². The number of rotatable bonds is 4. The quantitative estimate of drug-likeness (QED) is 0.492. The summed E-state index contributed by atoms with van der Waals surface area (Å²) in [6.45, 7) is 2.47. The molecule has 0 aromatic heterocycles. The Balaban J connectivity index is 2.13. The van der Waals surface area contributed by atoms with E-state index < -0.39 is 0 Å². The van der Waals surface area contributed by atoms with Gasteiger partial charge >= 0.3 is 0 Å². The van der Waals surface area contributed by atoms with Crippen molar-refractivity contribution in [1.29, 1.82) is 0 Å². The molecule has 0 atom stereocenters. The third kappa shape index (κ3) is 3.14. The Morgan fingerprint density at radius 1 is 1.18 bits per heavy atom. The minimum Gasteiger partial charge on any atom is -0.0928 e. The fourth-order valence-corrected chi connectivity index (χ4v) is 2.52. The molecular formula is C10H19Br. The van der Waals surface area contributed by atoms with Crippen molar-refractivity contribution in [2.24, 2.45) is 5.41 Å². The fraction of sp³-hybridized carbons (Fsp3) is 1.00. The summed E-state index contributed by atoms with van der Waals surface area (Å²) in [6, 6.07) is 0. The SMILES string of the molecule is CC1(CCCCBr)CCCC1. The van der Waals surface area contributed by atoms with Gasteiger partial charge in [0.15, 0.2) is 0 Å². The van der Waals surface area contributed by atoms with Gasteiger partial charge in [0.1, 0.15) is 0 Å². The van der Waals surface area contributed by atoms with Gasteiger partial charge in [-0.15, -0.1) is 0 Å². The zero-order chi connectivity index (χ0) is 8.16. The smallest absolute Gasteiger partial charge is 0.00313 e. The lowest BCUT2D eigenvalue weighted by molar-refractivity contribution is 0.299. The van der Waals surface area contributed by atoms with Crippen molar-refractivity contribution in [1.82, 2.24) is 0 Å². The van der Waals surface area contributed by atoms with Gasteiger partial charge in [-0.25, -0.2) is 0 Å². The van der Waals surface area contributed by atoms with E-state index in [0.717, 1.165) is 5.41 Å². The van der Waals surface area contributed by atoms with Gasteiger partial charge in [-0.2, -0.15) is 0 Å². The molecule has 1 fully saturated rings. The molecule has 1 aliphatic carbocycles. The summed E-state index contributed by atoms with van der Waals surface area (Å²) in [5.41, 5.74) is 0.724. The average molecular weight is 219 g/mol. The lowest BCUT2D eigenvalue weighted by Crippen LogP contribution is -2.10. The van der Waals surface area contributed by atoms with Gasteiger partial charge in [-0.05, 0) is 31.1 Å². The number of hydrogen-bond acceptors (Lipinski definition) is 0. The molecule has 0 unspecified atom stereocenters. The molecule has 0 amide bonds. The molecule has 1 heteroatoms. The minimum absolute atomic E-state index is 0.724. The van der Waals surface area contributed by atoms with Crippen molar-refractivity contribution >= 4 is 15.9 Å². The highest BCUT2D eigenvalue weighted by Gasteiger charge is 2.27. The molecule has 66 valence electrons. The van der Waals surface area contributed by atoms with E-state index in [9.17, 15) is 0 Å². The topological polar surface area (TPSA) is 0 Å². The maximum absolute atomic E-state index is 3.48. The lowest BCUT2D eigenvalue weighted by atomic mass is 9.83. The molecule has 0 aromatic carbocycles. The third-order valence-corrected chi connectivity index (χ3v) is 3.54. The Labute approximate surface area is 78.9 Å². The van der Waals surface area contributed by atoms with Gasteiger partial charge in [0.25, 0.3) is 0 Å². The summed E-state index contributed by atoms with van der Waals surface area (Å²) < 4.78 is 0. The second kappa shape index (κ2) is 4.49. The van der Waals surface area contributed by atoms with E-state index >= 15 is 0 Å². The number of alkyl halides is 1. The molecule has 0 N–H and O–H groups in total. The number of hydrogen-bond donors (Lipinski definition) is 0. The normalized spacial score (nSPS) is 22.4. The Morgan fingerprint density at radius 2 is 1.82 bits per heavy atom. The van der Waals surface area contributed by atoms with Crippen LogP contribution in [0.1, 0.15) is 51.9 Å².